The first-order valence-electron chi connectivity index (χ1n) is 6.48. The van der Waals surface area contributed by atoms with Crippen LogP contribution >= 0.6 is 0 Å². The standard InChI is InChI=1S/C15H14F3NO3S/c1-10-8-12(19-23(2,20)21)6-7-14(10)11-4-3-5-13(9-11)22-15(16,17)18/h3-9,19H,1-2H3. The molecule has 0 radical (unpaired) electrons. The molecule has 0 aromatic heterocycles. The molecular weight excluding hydrogens is 331 g/mol. The largest absolute Gasteiger partial charge is 0.573 e. The van der Waals surface area contributed by atoms with Crippen molar-refractivity contribution in [2.24, 2.45) is 0 Å². The number of benzene rings is 2. The molecule has 2 aromatic rings. The molecule has 0 aliphatic carbocycles. The van der Waals surface area contributed by atoms with Crippen LogP contribution in [0.15, 0.2) is 42.5 Å². The molecule has 0 heterocycles. The minimum absolute atomic E-state index is 0.312. The summed E-state index contributed by atoms with van der Waals surface area (Å²) in [5.74, 6) is -0.312. The summed E-state index contributed by atoms with van der Waals surface area (Å²) >= 11 is 0. The Morgan fingerprint density at radius 1 is 1.09 bits per heavy atom. The first-order chi connectivity index (χ1) is 10.5. The third-order valence-electron chi connectivity index (χ3n) is 2.91. The van der Waals surface area contributed by atoms with Gasteiger partial charge in [-0.15, -0.1) is 13.2 Å². The number of aryl methyl sites for hydroxylation is 1. The van der Waals surface area contributed by atoms with E-state index < -0.39 is 16.4 Å². The number of sulfonamides is 1. The lowest BCUT2D eigenvalue weighted by molar-refractivity contribution is -0.274. The predicted octanol–water partition coefficient (Wildman–Crippen LogP) is 3.93. The molecule has 0 aliphatic rings. The fourth-order valence-electron chi connectivity index (χ4n) is 2.13. The molecule has 2 rings (SSSR count). The van der Waals surface area contributed by atoms with E-state index in [9.17, 15) is 21.6 Å². The molecule has 4 nitrogen and oxygen atoms in total. The molecule has 0 aliphatic heterocycles. The van der Waals surface area contributed by atoms with Gasteiger partial charge in [0.05, 0.1) is 6.26 Å². The lowest BCUT2D eigenvalue weighted by atomic mass is 10.00. The molecule has 23 heavy (non-hydrogen) atoms. The summed E-state index contributed by atoms with van der Waals surface area (Å²) in [6.45, 7) is 1.74. The highest BCUT2D eigenvalue weighted by atomic mass is 32.2. The molecule has 8 heteroatoms. The average molecular weight is 345 g/mol. The second kappa shape index (κ2) is 6.11. The number of anilines is 1. The van der Waals surface area contributed by atoms with Gasteiger partial charge in [-0.3, -0.25) is 4.72 Å². The van der Waals surface area contributed by atoms with Crippen LogP contribution in [0, 0.1) is 6.92 Å². The number of nitrogens with one attached hydrogen (secondary N) is 1. The second-order valence-electron chi connectivity index (χ2n) is 4.98. The van der Waals surface area contributed by atoms with Crippen LogP contribution in [0.25, 0.3) is 11.1 Å². The second-order valence-corrected chi connectivity index (χ2v) is 6.73. The zero-order chi connectivity index (χ0) is 17.3. The van der Waals surface area contributed by atoms with Gasteiger partial charge in [-0.25, -0.2) is 8.42 Å². The predicted molar refractivity (Wildman–Crippen MR) is 81.8 cm³/mol. The zero-order valence-electron chi connectivity index (χ0n) is 12.3. The molecule has 2 aromatic carbocycles. The summed E-state index contributed by atoms with van der Waals surface area (Å²) < 4.78 is 65.5. The Hall–Kier alpha value is -2.22. The first-order valence-corrected chi connectivity index (χ1v) is 8.37. The fraction of sp³-hybridized carbons (Fsp3) is 0.200. The van der Waals surface area contributed by atoms with E-state index >= 15 is 0 Å². The minimum Gasteiger partial charge on any atom is -0.406 e. The maximum absolute atomic E-state index is 12.3. The van der Waals surface area contributed by atoms with Gasteiger partial charge in [-0.1, -0.05) is 18.2 Å². The lowest BCUT2D eigenvalue weighted by Gasteiger charge is -2.12. The maximum atomic E-state index is 12.3. The third kappa shape index (κ3) is 5.17. The van der Waals surface area contributed by atoms with Crippen LogP contribution < -0.4 is 9.46 Å². The number of alkyl halides is 3. The van der Waals surface area contributed by atoms with Crippen LogP contribution in [0.1, 0.15) is 5.56 Å². The number of hydrogen-bond donors (Lipinski definition) is 1. The SMILES string of the molecule is Cc1cc(NS(C)(=O)=O)ccc1-c1cccc(OC(F)(F)F)c1. The molecule has 0 spiro atoms. The van der Waals surface area contributed by atoms with E-state index in [1.54, 1.807) is 31.2 Å². The molecule has 0 saturated heterocycles. The van der Waals surface area contributed by atoms with E-state index in [1.807, 2.05) is 0 Å². The Labute approximate surface area is 132 Å². The van der Waals surface area contributed by atoms with Crippen LogP contribution in [0.2, 0.25) is 0 Å². The van der Waals surface area contributed by atoms with Crippen LogP contribution in [0.5, 0.6) is 5.75 Å². The minimum atomic E-state index is -4.75. The van der Waals surface area contributed by atoms with Crippen LogP contribution in [-0.2, 0) is 10.0 Å². The summed E-state index contributed by atoms with van der Waals surface area (Å²) in [4.78, 5) is 0. The smallest absolute Gasteiger partial charge is 0.406 e. The van der Waals surface area contributed by atoms with Gasteiger partial charge in [-0.2, -0.15) is 0 Å². The van der Waals surface area contributed by atoms with Gasteiger partial charge >= 0.3 is 6.36 Å². The molecule has 0 amide bonds. The van der Waals surface area contributed by atoms with Crippen molar-refractivity contribution in [1.29, 1.82) is 0 Å². The Balaban J connectivity index is 2.34. The van der Waals surface area contributed by atoms with Crippen molar-refractivity contribution in [3.8, 4) is 16.9 Å². The Bertz CT molecular complexity index is 817. The molecule has 1 N–H and O–H groups in total. The van der Waals surface area contributed by atoms with Crippen molar-refractivity contribution in [3.05, 3.63) is 48.0 Å². The van der Waals surface area contributed by atoms with Crippen molar-refractivity contribution in [1.82, 2.24) is 0 Å². The van der Waals surface area contributed by atoms with Crippen molar-refractivity contribution in [3.63, 3.8) is 0 Å². The van der Waals surface area contributed by atoms with Gasteiger partial charge in [-0.05, 0) is 47.9 Å². The number of ether oxygens (including phenoxy) is 1. The van der Waals surface area contributed by atoms with E-state index in [0.29, 0.717) is 22.4 Å². The Kier molecular flexibility index (Phi) is 4.56. The number of rotatable bonds is 4. The topological polar surface area (TPSA) is 55.4 Å². The van der Waals surface area contributed by atoms with Gasteiger partial charge in [0, 0.05) is 5.69 Å². The molecule has 0 unspecified atom stereocenters. The third-order valence-corrected chi connectivity index (χ3v) is 3.51. The zero-order valence-corrected chi connectivity index (χ0v) is 13.1. The molecule has 124 valence electrons. The molecule has 0 atom stereocenters. The molecular formula is C15H14F3NO3S. The van der Waals surface area contributed by atoms with Crippen LogP contribution in [0.3, 0.4) is 0 Å². The highest BCUT2D eigenvalue weighted by Gasteiger charge is 2.31. The monoisotopic (exact) mass is 345 g/mol. The fourth-order valence-corrected chi connectivity index (χ4v) is 2.68. The molecule has 0 bridgehead atoms. The van der Waals surface area contributed by atoms with E-state index in [4.69, 9.17) is 0 Å². The summed E-state index contributed by atoms with van der Waals surface area (Å²) in [7, 11) is -3.39. The molecule has 0 saturated carbocycles. The van der Waals surface area contributed by atoms with Crippen molar-refractivity contribution < 1.29 is 26.3 Å². The van der Waals surface area contributed by atoms with E-state index in [1.165, 1.54) is 18.2 Å². The van der Waals surface area contributed by atoms with E-state index in [0.717, 1.165) is 6.26 Å². The summed E-state index contributed by atoms with van der Waals surface area (Å²) in [5, 5.41) is 0. The van der Waals surface area contributed by atoms with Crippen LogP contribution in [-0.4, -0.2) is 21.0 Å². The van der Waals surface area contributed by atoms with Gasteiger partial charge in [0.1, 0.15) is 5.75 Å². The summed E-state index contributed by atoms with van der Waals surface area (Å²) in [6, 6.07) is 10.4. The first kappa shape index (κ1) is 17.1. The van der Waals surface area contributed by atoms with Crippen molar-refractivity contribution in [2.45, 2.75) is 13.3 Å². The Morgan fingerprint density at radius 3 is 2.35 bits per heavy atom. The average Bonchev–Trinajstić information content (AvgIpc) is 2.35. The van der Waals surface area contributed by atoms with Gasteiger partial charge in [0.2, 0.25) is 10.0 Å². The maximum Gasteiger partial charge on any atom is 0.573 e. The van der Waals surface area contributed by atoms with Crippen molar-refractivity contribution in [2.75, 3.05) is 11.0 Å². The van der Waals surface area contributed by atoms with Crippen LogP contribution in [0.4, 0.5) is 18.9 Å². The van der Waals surface area contributed by atoms with Gasteiger partial charge in [0.15, 0.2) is 0 Å². The lowest BCUT2D eigenvalue weighted by Crippen LogP contribution is -2.17. The molecule has 0 fully saturated rings. The summed E-state index contributed by atoms with van der Waals surface area (Å²) in [6.07, 6.45) is -3.72. The highest BCUT2D eigenvalue weighted by Crippen LogP contribution is 2.31. The summed E-state index contributed by atoms with van der Waals surface area (Å²) in [5.41, 5.74) is 2.31. The van der Waals surface area contributed by atoms with E-state index in [-0.39, 0.29) is 5.75 Å². The Morgan fingerprint density at radius 2 is 1.78 bits per heavy atom. The van der Waals surface area contributed by atoms with Gasteiger partial charge in [0.25, 0.3) is 0 Å². The highest BCUT2D eigenvalue weighted by molar-refractivity contribution is 7.92. The number of hydrogen-bond acceptors (Lipinski definition) is 3. The number of halogens is 3. The quantitative estimate of drug-likeness (QED) is 0.913. The van der Waals surface area contributed by atoms with Crippen molar-refractivity contribution >= 4 is 15.7 Å². The normalized spacial score (nSPS) is 12.0. The van der Waals surface area contributed by atoms with E-state index in [2.05, 4.69) is 9.46 Å². The van der Waals surface area contributed by atoms with Gasteiger partial charge < -0.3 is 4.74 Å².